The Morgan fingerprint density at radius 1 is 1.52 bits per heavy atom. The molecule has 1 aliphatic heterocycles. The molecule has 2 heterocycles. The van der Waals surface area contributed by atoms with E-state index in [0.717, 1.165) is 13.0 Å². The van der Waals surface area contributed by atoms with Gasteiger partial charge in [-0.15, -0.1) is 0 Å². The zero-order valence-electron chi connectivity index (χ0n) is 12.6. The van der Waals surface area contributed by atoms with Crippen molar-refractivity contribution in [3.63, 3.8) is 0 Å². The van der Waals surface area contributed by atoms with Crippen molar-refractivity contribution in [3.8, 4) is 0 Å². The number of aromatic nitrogens is 2. The van der Waals surface area contributed by atoms with Gasteiger partial charge in [-0.3, -0.25) is 5.10 Å². The summed E-state index contributed by atoms with van der Waals surface area (Å²) >= 11 is 0. The van der Waals surface area contributed by atoms with Gasteiger partial charge in [0.15, 0.2) is 5.03 Å². The molecule has 1 aromatic rings. The molecule has 2 unspecified atom stereocenters. The fraction of sp³-hybridized carbons (Fsp3) is 0.769. The number of nitrogens with zero attached hydrogens (tertiary/aromatic N) is 1. The van der Waals surface area contributed by atoms with Crippen LogP contribution in [0.1, 0.15) is 38.7 Å². The lowest BCUT2D eigenvalue weighted by molar-refractivity contribution is 0.0173. The van der Waals surface area contributed by atoms with Crippen molar-refractivity contribution >= 4 is 10.0 Å². The highest BCUT2D eigenvalue weighted by molar-refractivity contribution is 7.89. The SMILES string of the molecule is CCCNCc1cn[nH]c1S(=O)(=O)NC1CCOC(C)C1. The van der Waals surface area contributed by atoms with E-state index in [1.165, 1.54) is 0 Å². The molecule has 2 rings (SSSR count). The average Bonchev–Trinajstić information content (AvgIpc) is 2.88. The minimum absolute atomic E-state index is 0.0823. The van der Waals surface area contributed by atoms with Crippen molar-refractivity contribution in [1.29, 1.82) is 0 Å². The second-order valence-corrected chi connectivity index (χ2v) is 7.08. The van der Waals surface area contributed by atoms with Crippen LogP contribution in [0, 0.1) is 0 Å². The van der Waals surface area contributed by atoms with Crippen molar-refractivity contribution < 1.29 is 13.2 Å². The van der Waals surface area contributed by atoms with Crippen LogP contribution in [0.15, 0.2) is 11.2 Å². The van der Waals surface area contributed by atoms with Crippen LogP contribution in [0.5, 0.6) is 0 Å². The molecule has 21 heavy (non-hydrogen) atoms. The summed E-state index contributed by atoms with van der Waals surface area (Å²) in [6, 6.07) is -0.0847. The van der Waals surface area contributed by atoms with E-state index in [2.05, 4.69) is 27.2 Å². The van der Waals surface area contributed by atoms with Crippen molar-refractivity contribution in [3.05, 3.63) is 11.8 Å². The van der Waals surface area contributed by atoms with Gasteiger partial charge in [0.2, 0.25) is 0 Å². The molecule has 0 bridgehead atoms. The predicted molar refractivity (Wildman–Crippen MR) is 79.3 cm³/mol. The van der Waals surface area contributed by atoms with E-state index in [1.54, 1.807) is 6.20 Å². The molecule has 3 N–H and O–H groups in total. The fourth-order valence-electron chi connectivity index (χ4n) is 2.44. The van der Waals surface area contributed by atoms with E-state index in [-0.39, 0.29) is 17.2 Å². The van der Waals surface area contributed by atoms with Gasteiger partial charge in [0, 0.05) is 24.8 Å². The first kappa shape index (κ1) is 16.4. The van der Waals surface area contributed by atoms with Gasteiger partial charge < -0.3 is 10.1 Å². The maximum absolute atomic E-state index is 12.5. The van der Waals surface area contributed by atoms with Crippen LogP contribution in [0.4, 0.5) is 0 Å². The van der Waals surface area contributed by atoms with Crippen LogP contribution >= 0.6 is 0 Å². The molecule has 7 nitrogen and oxygen atoms in total. The molecule has 8 heteroatoms. The standard InChI is InChI=1S/C13H24N4O3S/c1-3-5-14-8-11-9-15-16-13(11)21(18,19)17-12-4-6-20-10(2)7-12/h9-10,12,14,17H,3-8H2,1-2H3,(H,15,16). The molecule has 2 atom stereocenters. The summed E-state index contributed by atoms with van der Waals surface area (Å²) in [6.45, 7) is 5.94. The highest BCUT2D eigenvalue weighted by Crippen LogP contribution is 2.17. The molecular weight excluding hydrogens is 292 g/mol. The molecule has 1 saturated heterocycles. The number of ether oxygens (including phenoxy) is 1. The second kappa shape index (κ2) is 7.35. The van der Waals surface area contributed by atoms with Crippen LogP contribution in [-0.4, -0.2) is 43.9 Å². The zero-order chi connectivity index (χ0) is 15.3. The van der Waals surface area contributed by atoms with Gasteiger partial charge in [0.1, 0.15) is 0 Å². The van der Waals surface area contributed by atoms with Crippen LogP contribution in [0.3, 0.4) is 0 Å². The van der Waals surface area contributed by atoms with E-state index >= 15 is 0 Å². The zero-order valence-corrected chi connectivity index (χ0v) is 13.4. The van der Waals surface area contributed by atoms with E-state index in [0.29, 0.717) is 31.6 Å². The first-order valence-corrected chi connectivity index (χ1v) is 8.88. The van der Waals surface area contributed by atoms with E-state index < -0.39 is 10.0 Å². The number of nitrogens with one attached hydrogen (secondary N) is 3. The van der Waals surface area contributed by atoms with Gasteiger partial charge in [0.05, 0.1) is 12.3 Å². The normalized spacial score (nSPS) is 23.3. The maximum Gasteiger partial charge on any atom is 0.258 e. The predicted octanol–water partition coefficient (Wildman–Crippen LogP) is 0.755. The Balaban J connectivity index is 2.03. The third-order valence-electron chi connectivity index (χ3n) is 3.50. The molecule has 0 saturated carbocycles. The first-order valence-electron chi connectivity index (χ1n) is 7.39. The second-order valence-electron chi connectivity index (χ2n) is 5.43. The summed E-state index contributed by atoms with van der Waals surface area (Å²) < 4.78 is 33.1. The number of aromatic amines is 1. The third kappa shape index (κ3) is 4.50. The van der Waals surface area contributed by atoms with Gasteiger partial charge in [-0.05, 0) is 32.7 Å². The van der Waals surface area contributed by atoms with Gasteiger partial charge >= 0.3 is 0 Å². The summed E-state index contributed by atoms with van der Waals surface area (Å²) in [5.41, 5.74) is 0.663. The summed E-state index contributed by atoms with van der Waals surface area (Å²) in [5, 5.41) is 9.81. The highest BCUT2D eigenvalue weighted by Gasteiger charge is 2.27. The number of sulfonamides is 1. The van der Waals surface area contributed by atoms with Crippen molar-refractivity contribution in [1.82, 2.24) is 20.2 Å². The smallest absolute Gasteiger partial charge is 0.258 e. The topological polar surface area (TPSA) is 96.1 Å². The lowest BCUT2D eigenvalue weighted by Crippen LogP contribution is -2.41. The van der Waals surface area contributed by atoms with Crippen LogP contribution in [0.2, 0.25) is 0 Å². The monoisotopic (exact) mass is 316 g/mol. The first-order chi connectivity index (χ1) is 10.0. The Morgan fingerprint density at radius 2 is 2.33 bits per heavy atom. The quantitative estimate of drug-likeness (QED) is 0.645. The molecule has 1 aliphatic rings. The van der Waals surface area contributed by atoms with Crippen molar-refractivity contribution in [2.75, 3.05) is 13.2 Å². The number of hydrogen-bond acceptors (Lipinski definition) is 5. The molecule has 1 aromatic heterocycles. The van der Waals surface area contributed by atoms with Crippen LogP contribution < -0.4 is 10.0 Å². The molecule has 0 radical (unpaired) electrons. The van der Waals surface area contributed by atoms with Gasteiger partial charge in [-0.1, -0.05) is 6.92 Å². The van der Waals surface area contributed by atoms with Crippen LogP contribution in [-0.2, 0) is 21.3 Å². The lowest BCUT2D eigenvalue weighted by atomic mass is 10.1. The van der Waals surface area contributed by atoms with Gasteiger partial charge in [-0.25, -0.2) is 13.1 Å². The summed E-state index contributed by atoms with van der Waals surface area (Å²) in [6.07, 6.45) is 4.03. The molecule has 1 fully saturated rings. The number of H-pyrrole nitrogens is 1. The minimum atomic E-state index is -3.57. The van der Waals surface area contributed by atoms with E-state index in [4.69, 9.17) is 4.74 Å². The van der Waals surface area contributed by atoms with Gasteiger partial charge in [0.25, 0.3) is 10.0 Å². The highest BCUT2D eigenvalue weighted by atomic mass is 32.2. The summed E-state index contributed by atoms with van der Waals surface area (Å²) in [7, 11) is -3.57. The Bertz CT molecular complexity index is 543. The summed E-state index contributed by atoms with van der Waals surface area (Å²) in [4.78, 5) is 0. The minimum Gasteiger partial charge on any atom is -0.378 e. The molecule has 0 aliphatic carbocycles. The number of hydrogen-bond donors (Lipinski definition) is 3. The Labute approximate surface area is 125 Å². The van der Waals surface area contributed by atoms with E-state index in [9.17, 15) is 8.42 Å². The van der Waals surface area contributed by atoms with E-state index in [1.807, 2.05) is 6.92 Å². The Kier molecular flexibility index (Phi) is 5.74. The fourth-order valence-corrected chi connectivity index (χ4v) is 3.85. The van der Waals surface area contributed by atoms with Crippen LogP contribution in [0.25, 0.3) is 0 Å². The molecule has 0 aromatic carbocycles. The number of rotatable bonds is 7. The molecular formula is C13H24N4O3S. The summed E-state index contributed by atoms with van der Waals surface area (Å²) in [5.74, 6) is 0. The Morgan fingerprint density at radius 3 is 3.05 bits per heavy atom. The third-order valence-corrected chi connectivity index (χ3v) is 5.03. The Hall–Kier alpha value is -0.960. The average molecular weight is 316 g/mol. The molecule has 120 valence electrons. The van der Waals surface area contributed by atoms with Gasteiger partial charge in [-0.2, -0.15) is 5.10 Å². The maximum atomic E-state index is 12.5. The lowest BCUT2D eigenvalue weighted by Gasteiger charge is -2.27. The molecule has 0 amide bonds. The largest absolute Gasteiger partial charge is 0.378 e. The molecule has 0 spiro atoms. The van der Waals surface area contributed by atoms with Crippen molar-refractivity contribution in [2.45, 2.75) is 56.8 Å². The van der Waals surface area contributed by atoms with Crippen molar-refractivity contribution in [2.24, 2.45) is 0 Å².